The molecule has 1 N–H and O–H groups in total. The molecule has 1 aromatic carbocycles. The third kappa shape index (κ3) is 3.15. The minimum absolute atomic E-state index is 0.661. The summed E-state index contributed by atoms with van der Waals surface area (Å²) < 4.78 is 0. The van der Waals surface area contributed by atoms with Gasteiger partial charge in [0.1, 0.15) is 5.69 Å². The Kier molecular flexibility index (Phi) is 3.66. The van der Waals surface area contributed by atoms with Crippen LogP contribution in [-0.2, 0) is 4.79 Å². The molecule has 0 unspecified atom stereocenters. The molecule has 90 valence electrons. The summed E-state index contributed by atoms with van der Waals surface area (Å²) in [7, 11) is 0. The molecular formula is C13H11N3O2. The van der Waals surface area contributed by atoms with Crippen LogP contribution in [0, 0.1) is 0 Å². The lowest BCUT2D eigenvalue weighted by atomic mass is 10.3. The highest BCUT2D eigenvalue weighted by molar-refractivity contribution is 5.80. The number of carboxylic acid groups (broad SMARTS) is 1. The van der Waals surface area contributed by atoms with Crippen LogP contribution in [0.3, 0.4) is 0 Å². The van der Waals surface area contributed by atoms with Gasteiger partial charge in [-0.25, -0.2) is 4.79 Å². The van der Waals surface area contributed by atoms with Gasteiger partial charge in [0.05, 0.1) is 11.9 Å². The van der Waals surface area contributed by atoms with Crippen LogP contribution in [0.4, 0.5) is 0 Å². The highest BCUT2D eigenvalue weighted by atomic mass is 16.4. The summed E-state index contributed by atoms with van der Waals surface area (Å²) in [6.45, 7) is 0. The number of benzene rings is 1. The van der Waals surface area contributed by atoms with Gasteiger partial charge >= 0.3 is 5.97 Å². The summed E-state index contributed by atoms with van der Waals surface area (Å²) in [5, 5.41) is 16.8. The van der Waals surface area contributed by atoms with Crippen LogP contribution < -0.4 is 0 Å². The molecule has 2 aromatic rings. The molecule has 18 heavy (non-hydrogen) atoms. The first-order chi connectivity index (χ1) is 8.75. The van der Waals surface area contributed by atoms with Crippen LogP contribution in [0.1, 0.15) is 5.69 Å². The van der Waals surface area contributed by atoms with E-state index < -0.39 is 5.97 Å². The Morgan fingerprint density at radius 3 is 2.72 bits per heavy atom. The quantitative estimate of drug-likeness (QED) is 0.656. The Hall–Kier alpha value is -2.69. The number of carboxylic acids is 1. The topological polar surface area (TPSA) is 68.0 Å². The van der Waals surface area contributed by atoms with Gasteiger partial charge < -0.3 is 5.11 Å². The lowest BCUT2D eigenvalue weighted by molar-refractivity contribution is -0.131. The standard InChI is InChI=1S/C13H11N3O2/c17-13(18)9-5-4-6-11-10-14-16(15-11)12-7-2-1-3-8-12/h1-10H,(H,17,18). The summed E-state index contributed by atoms with van der Waals surface area (Å²) in [6.07, 6.45) is 7.39. The van der Waals surface area contributed by atoms with E-state index >= 15 is 0 Å². The molecule has 0 fully saturated rings. The second-order valence-electron chi connectivity index (χ2n) is 3.45. The van der Waals surface area contributed by atoms with E-state index in [1.165, 1.54) is 10.9 Å². The molecule has 0 aliphatic rings. The van der Waals surface area contributed by atoms with Crippen LogP contribution in [0.25, 0.3) is 11.8 Å². The molecule has 0 bridgehead atoms. The molecule has 5 nitrogen and oxygen atoms in total. The number of hydrogen-bond acceptors (Lipinski definition) is 3. The van der Waals surface area contributed by atoms with Gasteiger partial charge in [-0.2, -0.15) is 9.90 Å². The summed E-state index contributed by atoms with van der Waals surface area (Å²) >= 11 is 0. The predicted octanol–water partition coefficient (Wildman–Crippen LogP) is 1.92. The molecule has 1 aromatic heterocycles. The third-order valence-electron chi connectivity index (χ3n) is 2.11. The van der Waals surface area contributed by atoms with E-state index in [1.54, 1.807) is 18.3 Å². The van der Waals surface area contributed by atoms with Crippen molar-refractivity contribution in [1.82, 2.24) is 15.0 Å². The van der Waals surface area contributed by atoms with Gasteiger partial charge in [0.15, 0.2) is 0 Å². The van der Waals surface area contributed by atoms with Crippen molar-refractivity contribution in [2.75, 3.05) is 0 Å². The zero-order valence-electron chi connectivity index (χ0n) is 9.47. The molecule has 0 saturated heterocycles. The van der Waals surface area contributed by atoms with Gasteiger partial charge in [-0.15, -0.1) is 5.10 Å². The smallest absolute Gasteiger partial charge is 0.328 e. The summed E-state index contributed by atoms with van der Waals surface area (Å²) in [6, 6.07) is 9.54. The molecule has 0 saturated carbocycles. The Morgan fingerprint density at radius 1 is 1.22 bits per heavy atom. The number of rotatable bonds is 4. The van der Waals surface area contributed by atoms with Gasteiger partial charge in [-0.05, 0) is 18.2 Å². The maximum atomic E-state index is 10.2. The Balaban J connectivity index is 2.09. The van der Waals surface area contributed by atoms with E-state index in [9.17, 15) is 4.79 Å². The van der Waals surface area contributed by atoms with Gasteiger partial charge in [-0.1, -0.05) is 30.4 Å². The molecule has 0 aliphatic heterocycles. The van der Waals surface area contributed by atoms with E-state index in [0.717, 1.165) is 11.8 Å². The number of allylic oxidation sites excluding steroid dienone is 2. The summed E-state index contributed by atoms with van der Waals surface area (Å²) in [5.41, 5.74) is 1.53. The zero-order chi connectivity index (χ0) is 12.8. The molecule has 0 spiro atoms. The number of aliphatic carboxylic acids is 1. The van der Waals surface area contributed by atoms with Crippen molar-refractivity contribution < 1.29 is 9.90 Å². The Labute approximate surface area is 104 Å². The zero-order valence-corrected chi connectivity index (χ0v) is 9.47. The number of aromatic nitrogens is 3. The second kappa shape index (κ2) is 5.58. The van der Waals surface area contributed by atoms with Crippen molar-refractivity contribution in [3.8, 4) is 5.69 Å². The fourth-order valence-corrected chi connectivity index (χ4v) is 1.33. The summed E-state index contributed by atoms with van der Waals surface area (Å²) in [4.78, 5) is 11.8. The normalized spacial score (nSPS) is 11.3. The summed E-state index contributed by atoms with van der Waals surface area (Å²) in [5.74, 6) is -0.979. The lowest BCUT2D eigenvalue weighted by Gasteiger charge is -1.96. The molecular weight excluding hydrogens is 230 g/mol. The van der Waals surface area contributed by atoms with Crippen molar-refractivity contribution in [3.63, 3.8) is 0 Å². The minimum atomic E-state index is -0.979. The maximum Gasteiger partial charge on any atom is 0.328 e. The lowest BCUT2D eigenvalue weighted by Crippen LogP contribution is -1.97. The first-order valence-corrected chi connectivity index (χ1v) is 5.31. The van der Waals surface area contributed by atoms with Gasteiger partial charge in [0.25, 0.3) is 0 Å². The van der Waals surface area contributed by atoms with Crippen LogP contribution in [0.15, 0.2) is 54.8 Å². The highest BCUT2D eigenvalue weighted by Gasteiger charge is 1.98. The molecule has 1 heterocycles. The van der Waals surface area contributed by atoms with Crippen molar-refractivity contribution in [1.29, 1.82) is 0 Å². The van der Waals surface area contributed by atoms with Crippen LogP contribution in [-0.4, -0.2) is 26.1 Å². The van der Waals surface area contributed by atoms with E-state index in [0.29, 0.717) is 5.69 Å². The van der Waals surface area contributed by atoms with Crippen LogP contribution in [0.2, 0.25) is 0 Å². The number of para-hydroxylation sites is 1. The van der Waals surface area contributed by atoms with E-state index in [1.807, 2.05) is 30.3 Å². The van der Waals surface area contributed by atoms with Crippen molar-refractivity contribution in [3.05, 3.63) is 60.5 Å². The van der Waals surface area contributed by atoms with Gasteiger partial charge in [0.2, 0.25) is 0 Å². The van der Waals surface area contributed by atoms with Crippen molar-refractivity contribution >= 4 is 12.0 Å². The first-order valence-electron chi connectivity index (χ1n) is 5.31. The van der Waals surface area contributed by atoms with Crippen molar-refractivity contribution in [2.45, 2.75) is 0 Å². The predicted molar refractivity (Wildman–Crippen MR) is 67.2 cm³/mol. The largest absolute Gasteiger partial charge is 0.478 e. The third-order valence-corrected chi connectivity index (χ3v) is 2.11. The van der Waals surface area contributed by atoms with Gasteiger partial charge in [0, 0.05) is 6.08 Å². The Bertz CT molecular complexity index is 585. The molecule has 5 heteroatoms. The SMILES string of the molecule is O=C(O)C=CC=Cc1cnn(-c2ccccc2)n1. The fraction of sp³-hybridized carbons (Fsp3) is 0. The molecule has 0 amide bonds. The number of nitrogens with zero attached hydrogens (tertiary/aromatic N) is 3. The maximum absolute atomic E-state index is 10.2. The average molecular weight is 241 g/mol. The van der Waals surface area contributed by atoms with E-state index in [-0.39, 0.29) is 0 Å². The minimum Gasteiger partial charge on any atom is -0.478 e. The van der Waals surface area contributed by atoms with Crippen LogP contribution >= 0.6 is 0 Å². The molecule has 0 atom stereocenters. The highest BCUT2D eigenvalue weighted by Crippen LogP contribution is 2.04. The van der Waals surface area contributed by atoms with Crippen molar-refractivity contribution in [2.24, 2.45) is 0 Å². The average Bonchev–Trinajstić information content (AvgIpc) is 2.84. The number of carbonyl (C=O) groups is 1. The Morgan fingerprint density at radius 2 is 2.00 bits per heavy atom. The second-order valence-corrected chi connectivity index (χ2v) is 3.45. The van der Waals surface area contributed by atoms with Crippen LogP contribution in [0.5, 0.6) is 0 Å². The molecule has 0 radical (unpaired) electrons. The van der Waals surface area contributed by atoms with E-state index in [4.69, 9.17) is 5.11 Å². The molecule has 0 aliphatic carbocycles. The monoisotopic (exact) mass is 241 g/mol. The first kappa shape index (κ1) is 11.8. The number of hydrogen-bond donors (Lipinski definition) is 1. The molecule has 2 rings (SSSR count). The van der Waals surface area contributed by atoms with E-state index in [2.05, 4.69) is 10.2 Å². The fourth-order valence-electron chi connectivity index (χ4n) is 1.33. The van der Waals surface area contributed by atoms with Gasteiger partial charge in [-0.3, -0.25) is 0 Å².